The van der Waals surface area contributed by atoms with Gasteiger partial charge >= 0.3 is 5.97 Å². The predicted octanol–water partition coefficient (Wildman–Crippen LogP) is 2.59. The van der Waals surface area contributed by atoms with Crippen LogP contribution in [0.2, 0.25) is 0 Å². The average Bonchev–Trinajstić information content (AvgIpc) is 2.74. The first-order chi connectivity index (χ1) is 13.7. The maximum atomic E-state index is 11.7. The van der Waals surface area contributed by atoms with Crippen LogP contribution in [0.15, 0.2) is 54.6 Å². The number of rotatable bonds is 12. The minimum absolute atomic E-state index is 0.0866. The normalized spacial score (nSPS) is 10.0. The summed E-state index contributed by atoms with van der Waals surface area (Å²) in [7, 11) is 0. The highest BCUT2D eigenvalue weighted by atomic mass is 16.6. The molecule has 0 bridgehead atoms. The largest absolute Gasteiger partial charge is 0.494 e. The first-order valence-corrected chi connectivity index (χ1v) is 9.13. The highest BCUT2D eigenvalue weighted by Gasteiger charge is 2.07. The van der Waals surface area contributed by atoms with Crippen molar-refractivity contribution in [2.24, 2.45) is 0 Å². The molecule has 0 aliphatic rings. The van der Waals surface area contributed by atoms with Crippen LogP contribution >= 0.6 is 0 Å². The van der Waals surface area contributed by atoms with E-state index in [9.17, 15) is 9.59 Å². The van der Waals surface area contributed by atoms with E-state index >= 15 is 0 Å². The van der Waals surface area contributed by atoms with Crippen molar-refractivity contribution in [3.8, 4) is 17.2 Å². The Bertz CT molecular complexity index is 717. The van der Waals surface area contributed by atoms with E-state index in [-0.39, 0.29) is 26.4 Å². The highest BCUT2D eigenvalue weighted by Crippen LogP contribution is 2.17. The van der Waals surface area contributed by atoms with E-state index in [0.717, 1.165) is 12.2 Å². The van der Waals surface area contributed by atoms with Crippen LogP contribution in [0.1, 0.15) is 13.3 Å². The van der Waals surface area contributed by atoms with Crippen LogP contribution in [0, 0.1) is 0 Å². The lowest BCUT2D eigenvalue weighted by Gasteiger charge is -2.09. The number of hydrogen-bond acceptors (Lipinski definition) is 6. The Hall–Kier alpha value is -3.22. The standard InChI is InChI=1S/C21H25NO6/c1-2-12-25-18-8-10-19(11-9-18)26-13-14-27-21(24)15-22-20(23)16-28-17-6-4-3-5-7-17/h3-11H,2,12-16H2,1H3,(H,22,23). The van der Waals surface area contributed by atoms with Gasteiger partial charge < -0.3 is 24.3 Å². The third-order valence-corrected chi connectivity index (χ3v) is 3.45. The van der Waals surface area contributed by atoms with Gasteiger partial charge in [0.25, 0.3) is 5.91 Å². The third-order valence-electron chi connectivity index (χ3n) is 3.45. The van der Waals surface area contributed by atoms with Crippen molar-refractivity contribution in [1.82, 2.24) is 5.32 Å². The fourth-order valence-corrected chi connectivity index (χ4v) is 2.11. The summed E-state index contributed by atoms with van der Waals surface area (Å²) >= 11 is 0. The summed E-state index contributed by atoms with van der Waals surface area (Å²) in [4.78, 5) is 23.3. The van der Waals surface area contributed by atoms with Gasteiger partial charge in [-0.2, -0.15) is 0 Å². The molecule has 2 aromatic carbocycles. The van der Waals surface area contributed by atoms with Gasteiger partial charge in [0.1, 0.15) is 37.0 Å². The molecule has 28 heavy (non-hydrogen) atoms. The number of nitrogens with one attached hydrogen (secondary N) is 1. The average molecular weight is 387 g/mol. The zero-order chi connectivity index (χ0) is 20.0. The summed E-state index contributed by atoms with van der Waals surface area (Å²) in [6.07, 6.45) is 0.949. The lowest BCUT2D eigenvalue weighted by Crippen LogP contribution is -2.34. The first-order valence-electron chi connectivity index (χ1n) is 9.13. The van der Waals surface area contributed by atoms with Gasteiger partial charge in [-0.25, -0.2) is 0 Å². The van der Waals surface area contributed by atoms with Gasteiger partial charge in [-0.05, 0) is 42.8 Å². The number of carbonyl (C=O) groups is 2. The smallest absolute Gasteiger partial charge is 0.325 e. The summed E-state index contributed by atoms with van der Waals surface area (Å²) in [6, 6.07) is 16.2. The molecule has 0 atom stereocenters. The van der Waals surface area contributed by atoms with Crippen LogP contribution in [-0.4, -0.2) is 44.8 Å². The van der Waals surface area contributed by atoms with Crippen molar-refractivity contribution in [2.75, 3.05) is 33.0 Å². The Labute approximate surface area is 164 Å². The second kappa shape index (κ2) is 12.2. The van der Waals surface area contributed by atoms with Gasteiger partial charge in [-0.3, -0.25) is 9.59 Å². The molecule has 0 saturated carbocycles. The molecule has 1 N–H and O–H groups in total. The van der Waals surface area contributed by atoms with Crippen molar-refractivity contribution >= 4 is 11.9 Å². The van der Waals surface area contributed by atoms with E-state index in [4.69, 9.17) is 18.9 Å². The monoisotopic (exact) mass is 387 g/mol. The molecular formula is C21H25NO6. The van der Waals surface area contributed by atoms with Crippen molar-refractivity contribution in [3.05, 3.63) is 54.6 Å². The lowest BCUT2D eigenvalue weighted by molar-refractivity contribution is -0.144. The molecule has 2 rings (SSSR count). The van der Waals surface area contributed by atoms with Crippen molar-refractivity contribution in [3.63, 3.8) is 0 Å². The topological polar surface area (TPSA) is 83.1 Å². The Morgan fingerprint density at radius 3 is 2.04 bits per heavy atom. The molecule has 1 amide bonds. The predicted molar refractivity (Wildman–Crippen MR) is 104 cm³/mol. The van der Waals surface area contributed by atoms with Crippen molar-refractivity contribution in [2.45, 2.75) is 13.3 Å². The van der Waals surface area contributed by atoms with Crippen LogP contribution in [0.25, 0.3) is 0 Å². The number of esters is 1. The minimum Gasteiger partial charge on any atom is -0.494 e. The Morgan fingerprint density at radius 1 is 0.786 bits per heavy atom. The van der Waals surface area contributed by atoms with E-state index in [1.54, 1.807) is 36.4 Å². The second-order valence-corrected chi connectivity index (χ2v) is 5.77. The zero-order valence-corrected chi connectivity index (χ0v) is 15.9. The Kier molecular flexibility index (Phi) is 9.20. The fraction of sp³-hybridized carbons (Fsp3) is 0.333. The number of benzene rings is 2. The maximum absolute atomic E-state index is 11.7. The molecule has 0 aromatic heterocycles. The number of amides is 1. The quantitative estimate of drug-likeness (QED) is 0.445. The maximum Gasteiger partial charge on any atom is 0.325 e. The molecule has 0 saturated heterocycles. The second-order valence-electron chi connectivity index (χ2n) is 5.77. The molecule has 0 spiro atoms. The molecular weight excluding hydrogens is 362 g/mol. The molecule has 0 fully saturated rings. The molecule has 0 radical (unpaired) electrons. The van der Waals surface area contributed by atoms with Crippen LogP contribution in [0.5, 0.6) is 17.2 Å². The lowest BCUT2D eigenvalue weighted by atomic mass is 10.3. The van der Waals surface area contributed by atoms with Gasteiger partial charge in [-0.1, -0.05) is 25.1 Å². The SMILES string of the molecule is CCCOc1ccc(OCCOC(=O)CNC(=O)COc2ccccc2)cc1. The van der Waals surface area contributed by atoms with Crippen molar-refractivity contribution in [1.29, 1.82) is 0 Å². The van der Waals surface area contributed by atoms with E-state index in [1.165, 1.54) is 0 Å². The third kappa shape index (κ3) is 8.44. The summed E-state index contributed by atoms with van der Waals surface area (Å²) in [6.45, 7) is 2.63. The highest BCUT2D eigenvalue weighted by molar-refractivity contribution is 5.82. The summed E-state index contributed by atoms with van der Waals surface area (Å²) in [5.74, 6) is 1.09. The number of ether oxygens (including phenoxy) is 4. The molecule has 0 heterocycles. The van der Waals surface area contributed by atoms with Gasteiger partial charge in [0.15, 0.2) is 6.61 Å². The number of hydrogen-bond donors (Lipinski definition) is 1. The van der Waals surface area contributed by atoms with Crippen LogP contribution in [-0.2, 0) is 14.3 Å². The molecule has 150 valence electrons. The Morgan fingerprint density at radius 2 is 1.39 bits per heavy atom. The first kappa shape index (κ1) is 21.1. The van der Waals surface area contributed by atoms with E-state index in [0.29, 0.717) is 18.1 Å². The van der Waals surface area contributed by atoms with Crippen molar-refractivity contribution < 1.29 is 28.5 Å². The summed E-state index contributed by atoms with van der Waals surface area (Å²) in [5.41, 5.74) is 0. The van der Waals surface area contributed by atoms with Gasteiger partial charge in [-0.15, -0.1) is 0 Å². The minimum atomic E-state index is -0.542. The van der Waals surface area contributed by atoms with Gasteiger partial charge in [0, 0.05) is 0 Å². The van der Waals surface area contributed by atoms with Crippen LogP contribution < -0.4 is 19.5 Å². The van der Waals surface area contributed by atoms with E-state index in [1.807, 2.05) is 25.1 Å². The van der Waals surface area contributed by atoms with Crippen LogP contribution in [0.4, 0.5) is 0 Å². The Balaban J connectivity index is 1.54. The number of para-hydroxylation sites is 1. The zero-order valence-electron chi connectivity index (χ0n) is 15.9. The summed E-state index contributed by atoms with van der Waals surface area (Å²) in [5, 5.41) is 2.44. The van der Waals surface area contributed by atoms with E-state index < -0.39 is 11.9 Å². The molecule has 7 heteroatoms. The molecule has 0 aliphatic heterocycles. The fourth-order valence-electron chi connectivity index (χ4n) is 2.11. The van der Waals surface area contributed by atoms with Gasteiger partial charge in [0.05, 0.1) is 6.61 Å². The van der Waals surface area contributed by atoms with E-state index in [2.05, 4.69) is 5.32 Å². The summed E-state index contributed by atoms with van der Waals surface area (Å²) < 4.78 is 21.3. The molecule has 7 nitrogen and oxygen atoms in total. The van der Waals surface area contributed by atoms with Gasteiger partial charge in [0.2, 0.25) is 0 Å². The number of carbonyl (C=O) groups excluding carboxylic acids is 2. The molecule has 0 unspecified atom stereocenters. The molecule has 2 aromatic rings. The van der Waals surface area contributed by atoms with Crippen LogP contribution in [0.3, 0.4) is 0 Å². The molecule has 0 aliphatic carbocycles.